The fourth-order valence-corrected chi connectivity index (χ4v) is 1.87. The van der Waals surface area contributed by atoms with Gasteiger partial charge in [0.1, 0.15) is 0 Å². The first-order valence-corrected chi connectivity index (χ1v) is 5.90. The van der Waals surface area contributed by atoms with E-state index < -0.39 is 0 Å². The van der Waals surface area contributed by atoms with Crippen LogP contribution in [0.15, 0.2) is 42.5 Å². The molecule has 2 rings (SSSR count). The molecular formula is C15H19N. The summed E-state index contributed by atoms with van der Waals surface area (Å²) in [6.45, 7) is 4.34. The molecule has 0 spiro atoms. The lowest BCUT2D eigenvalue weighted by Gasteiger charge is -2.15. The number of hydrogen-bond acceptors (Lipinski definition) is 1. The monoisotopic (exact) mass is 213 g/mol. The van der Waals surface area contributed by atoms with Crippen molar-refractivity contribution >= 4 is 10.8 Å². The molecule has 0 radical (unpaired) electrons. The third-order valence-electron chi connectivity index (χ3n) is 3.14. The fraction of sp³-hybridized carbons (Fsp3) is 0.333. The largest absolute Gasteiger partial charge is 0.327 e. The van der Waals surface area contributed by atoms with Crippen molar-refractivity contribution in [2.45, 2.75) is 26.3 Å². The molecule has 16 heavy (non-hydrogen) atoms. The van der Waals surface area contributed by atoms with Gasteiger partial charge in [0.05, 0.1) is 0 Å². The Morgan fingerprint density at radius 3 is 2.38 bits per heavy atom. The van der Waals surface area contributed by atoms with E-state index in [9.17, 15) is 0 Å². The highest BCUT2D eigenvalue weighted by atomic mass is 14.6. The minimum atomic E-state index is 0.251. The van der Waals surface area contributed by atoms with Gasteiger partial charge in [0.2, 0.25) is 0 Å². The zero-order chi connectivity index (χ0) is 11.5. The van der Waals surface area contributed by atoms with Crippen LogP contribution in [0, 0.1) is 5.92 Å². The van der Waals surface area contributed by atoms with Crippen LogP contribution in [0.4, 0.5) is 0 Å². The smallest absolute Gasteiger partial charge is 0.0102 e. The fourth-order valence-electron chi connectivity index (χ4n) is 1.87. The second kappa shape index (κ2) is 4.67. The summed E-state index contributed by atoms with van der Waals surface area (Å²) in [6.07, 6.45) is 0.961. The minimum Gasteiger partial charge on any atom is -0.327 e. The molecule has 0 aliphatic rings. The molecule has 0 saturated heterocycles. The molecule has 1 unspecified atom stereocenters. The molecule has 0 aliphatic heterocycles. The second-order valence-electron chi connectivity index (χ2n) is 4.79. The molecule has 0 aromatic heterocycles. The van der Waals surface area contributed by atoms with Gasteiger partial charge in [0, 0.05) is 6.04 Å². The van der Waals surface area contributed by atoms with Gasteiger partial charge in [0.15, 0.2) is 0 Å². The van der Waals surface area contributed by atoms with Gasteiger partial charge in [-0.2, -0.15) is 0 Å². The molecule has 0 amide bonds. The van der Waals surface area contributed by atoms with Crippen LogP contribution < -0.4 is 5.73 Å². The molecule has 1 atom stereocenters. The van der Waals surface area contributed by atoms with Gasteiger partial charge >= 0.3 is 0 Å². The summed E-state index contributed by atoms with van der Waals surface area (Å²) in [6, 6.07) is 15.3. The number of benzene rings is 2. The number of fused-ring (bicyclic) bond motifs is 1. The molecule has 0 bridgehead atoms. The highest BCUT2D eigenvalue weighted by Crippen LogP contribution is 2.17. The normalized spacial score (nSPS) is 13.2. The van der Waals surface area contributed by atoms with Crippen molar-refractivity contribution in [2.75, 3.05) is 0 Å². The second-order valence-corrected chi connectivity index (χ2v) is 4.79. The molecule has 2 aromatic carbocycles. The predicted molar refractivity (Wildman–Crippen MR) is 70.5 cm³/mol. The lowest BCUT2D eigenvalue weighted by atomic mass is 9.96. The Labute approximate surface area is 97.3 Å². The highest BCUT2D eigenvalue weighted by molar-refractivity contribution is 5.82. The van der Waals surface area contributed by atoms with Gasteiger partial charge in [0.25, 0.3) is 0 Å². The van der Waals surface area contributed by atoms with Crippen molar-refractivity contribution in [1.29, 1.82) is 0 Å². The van der Waals surface area contributed by atoms with Crippen LogP contribution in [0.2, 0.25) is 0 Å². The van der Waals surface area contributed by atoms with Crippen molar-refractivity contribution in [1.82, 2.24) is 0 Å². The van der Waals surface area contributed by atoms with E-state index >= 15 is 0 Å². The number of rotatable bonds is 3. The molecule has 2 N–H and O–H groups in total. The summed E-state index contributed by atoms with van der Waals surface area (Å²) in [7, 11) is 0. The molecular weight excluding hydrogens is 194 g/mol. The Hall–Kier alpha value is -1.34. The highest BCUT2D eigenvalue weighted by Gasteiger charge is 2.08. The zero-order valence-electron chi connectivity index (χ0n) is 9.98. The maximum atomic E-state index is 6.09. The third-order valence-corrected chi connectivity index (χ3v) is 3.14. The maximum absolute atomic E-state index is 6.09. The van der Waals surface area contributed by atoms with Crippen LogP contribution in [-0.2, 0) is 6.42 Å². The Bertz CT molecular complexity index is 474. The summed E-state index contributed by atoms with van der Waals surface area (Å²) in [5, 5.41) is 2.60. The SMILES string of the molecule is CC(C)C(N)Cc1ccc2ccccc2c1. The van der Waals surface area contributed by atoms with E-state index in [1.165, 1.54) is 16.3 Å². The van der Waals surface area contributed by atoms with Crippen molar-refractivity contribution < 1.29 is 0 Å². The lowest BCUT2D eigenvalue weighted by molar-refractivity contribution is 0.491. The van der Waals surface area contributed by atoms with Crippen LogP contribution in [0.1, 0.15) is 19.4 Å². The number of nitrogens with two attached hydrogens (primary N) is 1. The molecule has 84 valence electrons. The van der Waals surface area contributed by atoms with Crippen LogP contribution in [0.25, 0.3) is 10.8 Å². The van der Waals surface area contributed by atoms with E-state index in [1.54, 1.807) is 0 Å². The third kappa shape index (κ3) is 2.42. The molecule has 1 nitrogen and oxygen atoms in total. The van der Waals surface area contributed by atoms with Crippen molar-refractivity contribution in [3.63, 3.8) is 0 Å². The topological polar surface area (TPSA) is 26.0 Å². The Balaban J connectivity index is 2.26. The first kappa shape index (κ1) is 11.2. The lowest BCUT2D eigenvalue weighted by Crippen LogP contribution is -2.28. The van der Waals surface area contributed by atoms with Crippen LogP contribution >= 0.6 is 0 Å². The molecule has 0 saturated carbocycles. The Morgan fingerprint density at radius 2 is 1.69 bits per heavy atom. The summed E-state index contributed by atoms with van der Waals surface area (Å²) >= 11 is 0. The van der Waals surface area contributed by atoms with Crippen molar-refractivity contribution in [3.8, 4) is 0 Å². The summed E-state index contributed by atoms with van der Waals surface area (Å²) in [5.74, 6) is 0.534. The van der Waals surface area contributed by atoms with Crippen LogP contribution in [0.5, 0.6) is 0 Å². The van der Waals surface area contributed by atoms with E-state index in [0.717, 1.165) is 6.42 Å². The Kier molecular flexibility index (Phi) is 3.25. The first-order valence-electron chi connectivity index (χ1n) is 5.90. The minimum absolute atomic E-state index is 0.251. The molecule has 0 fully saturated rings. The van der Waals surface area contributed by atoms with E-state index in [2.05, 4.69) is 56.3 Å². The van der Waals surface area contributed by atoms with Gasteiger partial charge in [-0.3, -0.25) is 0 Å². The van der Waals surface area contributed by atoms with Gasteiger partial charge in [-0.05, 0) is 28.7 Å². The van der Waals surface area contributed by atoms with Crippen molar-refractivity contribution in [2.24, 2.45) is 11.7 Å². The summed E-state index contributed by atoms with van der Waals surface area (Å²) in [5.41, 5.74) is 7.43. The molecule has 0 heterocycles. The summed E-state index contributed by atoms with van der Waals surface area (Å²) < 4.78 is 0. The standard InChI is InChI=1S/C15H19N/c1-11(2)15(16)10-12-7-8-13-5-3-4-6-14(13)9-12/h3-9,11,15H,10,16H2,1-2H3. The Morgan fingerprint density at radius 1 is 1.00 bits per heavy atom. The quantitative estimate of drug-likeness (QED) is 0.831. The average Bonchev–Trinajstić information content (AvgIpc) is 2.28. The van der Waals surface area contributed by atoms with E-state index in [4.69, 9.17) is 5.73 Å². The van der Waals surface area contributed by atoms with Gasteiger partial charge in [-0.25, -0.2) is 0 Å². The average molecular weight is 213 g/mol. The molecule has 1 heteroatoms. The van der Waals surface area contributed by atoms with E-state index in [-0.39, 0.29) is 6.04 Å². The van der Waals surface area contributed by atoms with Gasteiger partial charge in [-0.15, -0.1) is 0 Å². The van der Waals surface area contributed by atoms with Crippen molar-refractivity contribution in [3.05, 3.63) is 48.0 Å². The molecule has 2 aromatic rings. The zero-order valence-corrected chi connectivity index (χ0v) is 9.98. The first-order chi connectivity index (χ1) is 7.66. The van der Waals surface area contributed by atoms with Crippen LogP contribution in [-0.4, -0.2) is 6.04 Å². The maximum Gasteiger partial charge on any atom is 0.0102 e. The van der Waals surface area contributed by atoms with Gasteiger partial charge < -0.3 is 5.73 Å². The van der Waals surface area contributed by atoms with E-state index in [0.29, 0.717) is 5.92 Å². The number of hydrogen-bond donors (Lipinski definition) is 1. The summed E-state index contributed by atoms with van der Waals surface area (Å²) in [4.78, 5) is 0. The predicted octanol–water partition coefficient (Wildman–Crippen LogP) is 3.37. The molecule has 0 aliphatic carbocycles. The van der Waals surface area contributed by atoms with Gasteiger partial charge in [-0.1, -0.05) is 56.3 Å². The van der Waals surface area contributed by atoms with E-state index in [1.807, 2.05) is 0 Å². The van der Waals surface area contributed by atoms with Crippen LogP contribution in [0.3, 0.4) is 0 Å².